The summed E-state index contributed by atoms with van der Waals surface area (Å²) in [7, 11) is 0. The number of aromatic amines is 1. The second kappa shape index (κ2) is 6.64. The molecular weight excluding hydrogens is 362 g/mol. The maximum absolute atomic E-state index is 11.9. The van der Waals surface area contributed by atoms with Crippen molar-refractivity contribution in [3.63, 3.8) is 0 Å². The van der Waals surface area contributed by atoms with E-state index in [0.717, 1.165) is 37.4 Å². The van der Waals surface area contributed by atoms with Crippen molar-refractivity contribution < 1.29 is 14.0 Å². The normalized spacial score (nSPS) is 20.4. The summed E-state index contributed by atoms with van der Waals surface area (Å²) in [6.07, 6.45) is 5.63. The number of H-pyrrole nitrogens is 1. The first-order valence-electron chi connectivity index (χ1n) is 9.19. The molecule has 1 unspecified atom stereocenters. The molecule has 0 aliphatic carbocycles. The lowest BCUT2D eigenvalue weighted by atomic mass is 10.0. The average molecular weight is 381 g/mol. The third kappa shape index (κ3) is 2.87. The molecule has 28 heavy (non-hydrogen) atoms. The summed E-state index contributed by atoms with van der Waals surface area (Å²) in [6.45, 7) is 1.90. The van der Waals surface area contributed by atoms with Crippen molar-refractivity contribution in [1.82, 2.24) is 31.1 Å². The Morgan fingerprint density at radius 2 is 2.04 bits per heavy atom. The van der Waals surface area contributed by atoms with Crippen LogP contribution in [0, 0.1) is 0 Å². The zero-order valence-electron chi connectivity index (χ0n) is 14.9. The van der Waals surface area contributed by atoms with Gasteiger partial charge in [0.2, 0.25) is 0 Å². The van der Waals surface area contributed by atoms with Gasteiger partial charge in [0.15, 0.2) is 11.6 Å². The highest BCUT2D eigenvalue weighted by atomic mass is 16.3. The molecule has 1 atom stereocenters. The number of carbonyl (C=O) groups excluding carboxylic acids is 2. The fraction of sp³-hybridized carbons (Fsp3) is 0.333. The fourth-order valence-electron chi connectivity index (χ4n) is 3.80. The van der Waals surface area contributed by atoms with E-state index >= 15 is 0 Å². The minimum Gasteiger partial charge on any atom is -0.457 e. The highest BCUT2D eigenvalue weighted by Crippen LogP contribution is 2.32. The lowest BCUT2D eigenvalue weighted by Gasteiger charge is -2.34. The van der Waals surface area contributed by atoms with E-state index in [4.69, 9.17) is 9.40 Å². The van der Waals surface area contributed by atoms with Crippen LogP contribution in [0.2, 0.25) is 0 Å². The number of amides is 3. The molecule has 2 fully saturated rings. The molecule has 3 amide bonds. The van der Waals surface area contributed by atoms with E-state index < -0.39 is 18.0 Å². The van der Waals surface area contributed by atoms with E-state index in [-0.39, 0.29) is 0 Å². The molecule has 5 heterocycles. The van der Waals surface area contributed by atoms with Gasteiger partial charge in [-0.15, -0.1) is 0 Å². The Kier molecular flexibility index (Phi) is 3.97. The Bertz CT molecular complexity index is 1020. The van der Waals surface area contributed by atoms with Crippen LogP contribution < -0.4 is 20.9 Å². The number of hydrogen-bond donors (Lipinski definition) is 4. The van der Waals surface area contributed by atoms with Gasteiger partial charge in [-0.3, -0.25) is 15.2 Å². The predicted octanol–water partition coefficient (Wildman–Crippen LogP) is 1.32. The van der Waals surface area contributed by atoms with Crippen molar-refractivity contribution in [2.24, 2.45) is 0 Å². The maximum atomic E-state index is 11.9. The smallest absolute Gasteiger partial charge is 0.322 e. The number of furan rings is 1. The van der Waals surface area contributed by atoms with E-state index in [1.807, 2.05) is 18.3 Å². The molecule has 0 spiro atoms. The Hall–Kier alpha value is -3.40. The van der Waals surface area contributed by atoms with Gasteiger partial charge in [0, 0.05) is 18.3 Å². The first kappa shape index (κ1) is 16.8. The first-order chi connectivity index (χ1) is 13.7. The standard InChI is InChI=1S/C18H19N7O3/c26-17-16(23-18(27)24-17)14-7-12-13(28-14)1-2-15(22-12)25(11-8-20-21-9-11)10-3-5-19-6-4-10/h1-2,7-10,16,19H,3-6H2,(H,20,21)(H2,23,24,26,27). The van der Waals surface area contributed by atoms with Gasteiger partial charge in [0.1, 0.15) is 17.1 Å². The van der Waals surface area contributed by atoms with Crippen LogP contribution in [0.5, 0.6) is 0 Å². The Labute approximate surface area is 159 Å². The highest BCUT2D eigenvalue weighted by Gasteiger charge is 2.34. The number of anilines is 2. The number of urea groups is 1. The summed E-state index contributed by atoms with van der Waals surface area (Å²) in [6, 6.07) is 4.38. The SMILES string of the molecule is O=C1NC(=O)C(c2cc3nc(N(c4cn[nH]c4)C4CCNCC4)ccc3o2)N1. The summed E-state index contributed by atoms with van der Waals surface area (Å²) in [5, 5.41) is 15.1. The van der Waals surface area contributed by atoms with Crippen LogP contribution in [-0.2, 0) is 4.79 Å². The molecule has 0 saturated carbocycles. The van der Waals surface area contributed by atoms with Crippen LogP contribution in [0.3, 0.4) is 0 Å². The molecule has 4 N–H and O–H groups in total. The molecule has 144 valence electrons. The van der Waals surface area contributed by atoms with E-state index in [2.05, 4.69) is 31.0 Å². The number of aromatic nitrogens is 3. The average Bonchev–Trinajstić information content (AvgIpc) is 3.42. The zero-order valence-corrected chi connectivity index (χ0v) is 14.9. The number of carbonyl (C=O) groups is 2. The van der Waals surface area contributed by atoms with Gasteiger partial charge in [-0.2, -0.15) is 5.10 Å². The Morgan fingerprint density at radius 3 is 2.75 bits per heavy atom. The molecular formula is C18H19N7O3. The third-order valence-corrected chi connectivity index (χ3v) is 5.12. The number of nitrogens with zero attached hydrogens (tertiary/aromatic N) is 3. The molecule has 5 rings (SSSR count). The predicted molar refractivity (Wildman–Crippen MR) is 100 cm³/mol. The van der Waals surface area contributed by atoms with Gasteiger partial charge in [0.05, 0.1) is 11.9 Å². The van der Waals surface area contributed by atoms with Gasteiger partial charge in [-0.05, 0) is 38.1 Å². The van der Waals surface area contributed by atoms with Crippen LogP contribution in [0.4, 0.5) is 16.3 Å². The highest BCUT2D eigenvalue weighted by molar-refractivity contribution is 6.04. The lowest BCUT2D eigenvalue weighted by molar-refractivity contribution is -0.120. The minimum absolute atomic E-state index is 0.301. The molecule has 0 bridgehead atoms. The number of pyridine rings is 1. The summed E-state index contributed by atoms with van der Waals surface area (Å²) in [4.78, 5) is 30.2. The first-order valence-corrected chi connectivity index (χ1v) is 9.19. The minimum atomic E-state index is -0.834. The summed E-state index contributed by atoms with van der Waals surface area (Å²) in [5.41, 5.74) is 2.14. The third-order valence-electron chi connectivity index (χ3n) is 5.12. The largest absolute Gasteiger partial charge is 0.457 e. The summed E-state index contributed by atoms with van der Waals surface area (Å²) < 4.78 is 5.76. The molecule has 2 aliphatic rings. The summed E-state index contributed by atoms with van der Waals surface area (Å²) >= 11 is 0. The van der Waals surface area contributed by atoms with E-state index in [0.29, 0.717) is 22.9 Å². The molecule has 2 saturated heterocycles. The lowest BCUT2D eigenvalue weighted by Crippen LogP contribution is -2.41. The zero-order chi connectivity index (χ0) is 19.1. The quantitative estimate of drug-likeness (QED) is 0.502. The van der Waals surface area contributed by atoms with Crippen molar-refractivity contribution in [2.45, 2.75) is 24.9 Å². The molecule has 3 aromatic rings. The van der Waals surface area contributed by atoms with Gasteiger partial charge >= 0.3 is 6.03 Å². The van der Waals surface area contributed by atoms with Crippen LogP contribution in [0.25, 0.3) is 11.1 Å². The van der Waals surface area contributed by atoms with E-state index in [1.54, 1.807) is 12.3 Å². The Balaban J connectivity index is 1.52. The van der Waals surface area contributed by atoms with Crippen LogP contribution in [0.15, 0.2) is 35.0 Å². The molecule has 0 radical (unpaired) electrons. The number of piperidine rings is 1. The van der Waals surface area contributed by atoms with Gasteiger partial charge in [-0.1, -0.05) is 0 Å². The van der Waals surface area contributed by atoms with Crippen LogP contribution in [0.1, 0.15) is 24.6 Å². The van der Waals surface area contributed by atoms with Crippen LogP contribution in [-0.4, -0.2) is 46.3 Å². The van der Waals surface area contributed by atoms with Gasteiger partial charge < -0.3 is 20.0 Å². The van der Waals surface area contributed by atoms with Crippen molar-refractivity contribution >= 4 is 34.5 Å². The van der Waals surface area contributed by atoms with E-state index in [1.165, 1.54) is 0 Å². The Morgan fingerprint density at radius 1 is 1.18 bits per heavy atom. The topological polar surface area (TPSA) is 128 Å². The number of fused-ring (bicyclic) bond motifs is 1. The van der Waals surface area contributed by atoms with Gasteiger partial charge in [-0.25, -0.2) is 9.78 Å². The van der Waals surface area contributed by atoms with Crippen molar-refractivity contribution in [3.05, 3.63) is 36.4 Å². The molecule has 0 aromatic carbocycles. The number of imide groups is 1. The molecule has 10 nitrogen and oxygen atoms in total. The van der Waals surface area contributed by atoms with Crippen molar-refractivity contribution in [3.8, 4) is 0 Å². The molecule has 3 aromatic heterocycles. The number of hydrogen-bond acceptors (Lipinski definition) is 7. The number of nitrogens with one attached hydrogen (secondary N) is 4. The molecule has 10 heteroatoms. The van der Waals surface area contributed by atoms with Crippen molar-refractivity contribution in [1.29, 1.82) is 0 Å². The van der Waals surface area contributed by atoms with E-state index in [9.17, 15) is 9.59 Å². The van der Waals surface area contributed by atoms with Crippen LogP contribution >= 0.6 is 0 Å². The fourth-order valence-corrected chi connectivity index (χ4v) is 3.80. The maximum Gasteiger partial charge on any atom is 0.322 e. The second-order valence-electron chi connectivity index (χ2n) is 6.90. The summed E-state index contributed by atoms with van der Waals surface area (Å²) in [5.74, 6) is 0.715. The van der Waals surface area contributed by atoms with Gasteiger partial charge in [0.25, 0.3) is 5.91 Å². The number of rotatable bonds is 4. The molecule has 2 aliphatic heterocycles. The second-order valence-corrected chi connectivity index (χ2v) is 6.90. The van der Waals surface area contributed by atoms with Crippen molar-refractivity contribution in [2.75, 3.05) is 18.0 Å². The monoisotopic (exact) mass is 381 g/mol.